The summed E-state index contributed by atoms with van der Waals surface area (Å²) in [7, 11) is 1.42. The number of nitrogens with zero attached hydrogens (tertiary/aromatic N) is 3. The first-order valence-corrected chi connectivity index (χ1v) is 6.67. The molecule has 1 aromatic heterocycles. The average Bonchev–Trinajstić information content (AvgIpc) is 2.55. The molecule has 23 heavy (non-hydrogen) atoms. The summed E-state index contributed by atoms with van der Waals surface area (Å²) in [6, 6.07) is 7.09. The van der Waals surface area contributed by atoms with E-state index >= 15 is 0 Å². The molecule has 0 fully saturated rings. The van der Waals surface area contributed by atoms with E-state index in [4.69, 9.17) is 16.3 Å². The first-order valence-electron chi connectivity index (χ1n) is 6.29. The highest BCUT2D eigenvalue weighted by Crippen LogP contribution is 2.22. The second-order valence-electron chi connectivity index (χ2n) is 4.22. The molecule has 8 nitrogen and oxygen atoms in total. The maximum atomic E-state index is 11.9. The largest absolute Gasteiger partial charge is 0.496 e. The maximum Gasteiger partial charge on any atom is 0.274 e. The monoisotopic (exact) mass is 334 g/mol. The molecule has 0 aliphatic heterocycles. The highest BCUT2D eigenvalue weighted by molar-refractivity contribution is 6.32. The van der Waals surface area contributed by atoms with Crippen LogP contribution < -0.4 is 10.2 Å². The number of nitrogens with one attached hydrogen (secondary N) is 1. The molecule has 118 valence electrons. The number of nitro benzene ring substituents is 1. The van der Waals surface area contributed by atoms with E-state index in [-0.39, 0.29) is 16.4 Å². The van der Waals surface area contributed by atoms with Gasteiger partial charge in [-0.25, -0.2) is 10.4 Å². The van der Waals surface area contributed by atoms with Gasteiger partial charge < -0.3 is 4.74 Å². The summed E-state index contributed by atoms with van der Waals surface area (Å²) in [6.07, 6.45) is 2.70. The number of carbonyl (C=O) groups is 1. The summed E-state index contributed by atoms with van der Waals surface area (Å²) in [5.41, 5.74) is 2.66. The molecular formula is C14H11ClN4O4. The molecule has 2 rings (SSSR count). The van der Waals surface area contributed by atoms with Gasteiger partial charge in [-0.3, -0.25) is 14.9 Å². The minimum absolute atomic E-state index is 0.0492. The fourth-order valence-electron chi connectivity index (χ4n) is 1.71. The van der Waals surface area contributed by atoms with E-state index in [1.165, 1.54) is 43.8 Å². The van der Waals surface area contributed by atoms with Gasteiger partial charge in [0.2, 0.25) is 0 Å². The van der Waals surface area contributed by atoms with Crippen LogP contribution >= 0.6 is 11.6 Å². The van der Waals surface area contributed by atoms with Crippen molar-refractivity contribution >= 4 is 29.4 Å². The van der Waals surface area contributed by atoms with Gasteiger partial charge in [-0.1, -0.05) is 11.6 Å². The number of rotatable bonds is 5. The van der Waals surface area contributed by atoms with Crippen molar-refractivity contribution < 1.29 is 14.5 Å². The van der Waals surface area contributed by atoms with Gasteiger partial charge in [0.1, 0.15) is 10.9 Å². The number of methoxy groups -OCH3 is 1. The van der Waals surface area contributed by atoms with Gasteiger partial charge in [0.05, 0.1) is 23.8 Å². The van der Waals surface area contributed by atoms with E-state index < -0.39 is 10.8 Å². The van der Waals surface area contributed by atoms with Gasteiger partial charge in [0.15, 0.2) is 0 Å². The Kier molecular flexibility index (Phi) is 5.21. The first kappa shape index (κ1) is 16.4. The quantitative estimate of drug-likeness (QED) is 0.391. The molecule has 1 amide bonds. The third kappa shape index (κ3) is 4.01. The summed E-state index contributed by atoms with van der Waals surface area (Å²) >= 11 is 5.80. The van der Waals surface area contributed by atoms with E-state index in [9.17, 15) is 14.9 Å². The number of aromatic nitrogens is 1. The molecule has 0 spiro atoms. The molecule has 9 heteroatoms. The van der Waals surface area contributed by atoms with Crippen LogP contribution in [0.25, 0.3) is 0 Å². The summed E-state index contributed by atoms with van der Waals surface area (Å²) in [4.78, 5) is 25.9. The molecule has 0 radical (unpaired) electrons. The molecule has 0 bridgehead atoms. The molecular weight excluding hydrogens is 324 g/mol. The smallest absolute Gasteiger partial charge is 0.274 e. The number of hydrazone groups is 1. The number of non-ortho nitro benzene ring substituents is 1. The standard InChI is InChI=1S/C14H11ClN4O4/c1-23-12-5-4-10(19(21)22)7-9(12)8-17-18-14(20)11-3-2-6-16-13(11)15/h2-8H,1H3,(H,18,20). The lowest BCUT2D eigenvalue weighted by Crippen LogP contribution is -2.18. The van der Waals surface area contributed by atoms with Crippen molar-refractivity contribution in [1.29, 1.82) is 0 Å². The number of nitro groups is 1. The predicted molar refractivity (Wildman–Crippen MR) is 84.0 cm³/mol. The summed E-state index contributed by atoms with van der Waals surface area (Å²) in [5.74, 6) is -0.170. The number of hydrogen-bond acceptors (Lipinski definition) is 6. The van der Waals surface area contributed by atoms with Gasteiger partial charge in [-0.2, -0.15) is 5.10 Å². The lowest BCUT2D eigenvalue weighted by molar-refractivity contribution is -0.384. The Labute approximate surface area is 135 Å². The summed E-state index contributed by atoms with van der Waals surface area (Å²) < 4.78 is 5.08. The number of amides is 1. The second kappa shape index (κ2) is 7.32. The van der Waals surface area contributed by atoms with Crippen LogP contribution in [-0.4, -0.2) is 29.1 Å². The maximum absolute atomic E-state index is 11.9. The first-order chi connectivity index (χ1) is 11.0. The van der Waals surface area contributed by atoms with Crippen molar-refractivity contribution in [2.75, 3.05) is 7.11 Å². The van der Waals surface area contributed by atoms with E-state index in [1.807, 2.05) is 0 Å². The van der Waals surface area contributed by atoms with Crippen molar-refractivity contribution in [2.45, 2.75) is 0 Å². The lowest BCUT2D eigenvalue weighted by Gasteiger charge is -2.04. The molecule has 0 aliphatic carbocycles. The second-order valence-corrected chi connectivity index (χ2v) is 4.58. The van der Waals surface area contributed by atoms with Gasteiger partial charge in [-0.05, 0) is 18.2 Å². The molecule has 1 heterocycles. The average molecular weight is 335 g/mol. The molecule has 0 saturated carbocycles. The Morgan fingerprint density at radius 3 is 2.91 bits per heavy atom. The van der Waals surface area contributed by atoms with Crippen molar-refractivity contribution in [3.05, 3.63) is 62.9 Å². The lowest BCUT2D eigenvalue weighted by atomic mass is 10.2. The van der Waals surface area contributed by atoms with E-state index in [1.54, 1.807) is 6.07 Å². The normalized spacial score (nSPS) is 10.5. The Morgan fingerprint density at radius 2 is 2.26 bits per heavy atom. The van der Waals surface area contributed by atoms with Gasteiger partial charge >= 0.3 is 0 Å². The van der Waals surface area contributed by atoms with Crippen LogP contribution in [0.1, 0.15) is 15.9 Å². The van der Waals surface area contributed by atoms with E-state index in [0.29, 0.717) is 11.3 Å². The highest BCUT2D eigenvalue weighted by Gasteiger charge is 2.11. The number of pyridine rings is 1. The number of ether oxygens (including phenoxy) is 1. The Morgan fingerprint density at radius 1 is 1.48 bits per heavy atom. The zero-order valence-electron chi connectivity index (χ0n) is 11.9. The van der Waals surface area contributed by atoms with Gasteiger partial charge in [-0.15, -0.1) is 0 Å². The molecule has 0 aliphatic rings. The van der Waals surface area contributed by atoms with Crippen LogP contribution in [0.15, 0.2) is 41.6 Å². The molecule has 0 unspecified atom stereocenters. The van der Waals surface area contributed by atoms with Crippen molar-refractivity contribution in [3.8, 4) is 5.75 Å². The zero-order valence-corrected chi connectivity index (χ0v) is 12.6. The minimum Gasteiger partial charge on any atom is -0.496 e. The summed E-state index contributed by atoms with van der Waals surface area (Å²) in [5, 5.41) is 14.6. The van der Waals surface area contributed by atoms with Crippen LogP contribution in [0.2, 0.25) is 5.15 Å². The van der Waals surface area contributed by atoms with Crippen LogP contribution in [0.3, 0.4) is 0 Å². The summed E-state index contributed by atoms with van der Waals surface area (Å²) in [6.45, 7) is 0. The van der Waals surface area contributed by atoms with Gasteiger partial charge in [0.25, 0.3) is 11.6 Å². The van der Waals surface area contributed by atoms with Crippen molar-refractivity contribution in [1.82, 2.24) is 10.4 Å². The van der Waals surface area contributed by atoms with Crippen LogP contribution in [-0.2, 0) is 0 Å². The Balaban J connectivity index is 2.17. The van der Waals surface area contributed by atoms with E-state index in [0.717, 1.165) is 0 Å². The highest BCUT2D eigenvalue weighted by atomic mass is 35.5. The third-order valence-electron chi connectivity index (χ3n) is 2.80. The SMILES string of the molecule is COc1ccc([N+](=O)[O-])cc1C=NNC(=O)c1cccnc1Cl. The molecule has 1 aromatic carbocycles. The fourth-order valence-corrected chi connectivity index (χ4v) is 1.92. The van der Waals surface area contributed by atoms with Crippen molar-refractivity contribution in [2.24, 2.45) is 5.10 Å². The van der Waals surface area contributed by atoms with Crippen LogP contribution in [0, 0.1) is 10.1 Å². The fraction of sp³-hybridized carbons (Fsp3) is 0.0714. The molecule has 0 atom stereocenters. The Hall–Kier alpha value is -3.00. The minimum atomic E-state index is -0.552. The van der Waals surface area contributed by atoms with E-state index in [2.05, 4.69) is 15.5 Å². The third-order valence-corrected chi connectivity index (χ3v) is 3.10. The molecule has 0 saturated heterocycles. The van der Waals surface area contributed by atoms with Crippen LogP contribution in [0.4, 0.5) is 5.69 Å². The van der Waals surface area contributed by atoms with Gasteiger partial charge in [0, 0.05) is 23.9 Å². The Bertz CT molecular complexity index is 779. The van der Waals surface area contributed by atoms with Crippen molar-refractivity contribution in [3.63, 3.8) is 0 Å². The number of halogens is 1. The molecule has 2 aromatic rings. The number of benzene rings is 1. The molecule has 1 N–H and O–H groups in total. The number of carbonyl (C=O) groups excluding carboxylic acids is 1. The topological polar surface area (TPSA) is 107 Å². The zero-order chi connectivity index (χ0) is 16.8. The van der Waals surface area contributed by atoms with Crippen LogP contribution in [0.5, 0.6) is 5.75 Å². The number of hydrogen-bond donors (Lipinski definition) is 1. The predicted octanol–water partition coefficient (Wildman–Crippen LogP) is 2.42.